The smallest absolute Gasteiger partial charge is 0.387 e. The minimum Gasteiger partial charge on any atom is -0.435 e. The number of sulfonamides is 1. The van der Waals surface area contributed by atoms with Gasteiger partial charge in [-0.05, 0) is 61.0 Å². The number of rotatable bonds is 8. The van der Waals surface area contributed by atoms with Crippen LogP contribution >= 0.6 is 0 Å². The fourth-order valence-electron chi connectivity index (χ4n) is 2.74. The first-order chi connectivity index (χ1) is 14.7. The van der Waals surface area contributed by atoms with E-state index in [9.17, 15) is 22.0 Å². The van der Waals surface area contributed by atoms with E-state index in [4.69, 9.17) is 0 Å². The van der Waals surface area contributed by atoms with Crippen molar-refractivity contribution >= 4 is 21.6 Å². The topological polar surface area (TPSA) is 84.5 Å². The number of amides is 1. The number of nitrogens with one attached hydrogen (secondary N) is 2. The van der Waals surface area contributed by atoms with Crippen molar-refractivity contribution in [3.05, 3.63) is 89.5 Å². The van der Waals surface area contributed by atoms with Crippen LogP contribution in [0.5, 0.6) is 5.75 Å². The standard InChI is InChI=1S/C22H20F2N2O4S/c1-15-5-9-18(10-6-15)26-31(28,29)20-11-7-17(8-12-20)21(27)25-14-16-3-2-4-19(13-16)30-22(23)24/h2-13,22,26H,14H2,1H3,(H,25,27). The van der Waals surface area contributed by atoms with Crippen molar-refractivity contribution < 1.29 is 26.7 Å². The molecule has 0 saturated carbocycles. The highest BCUT2D eigenvalue weighted by Gasteiger charge is 2.15. The summed E-state index contributed by atoms with van der Waals surface area (Å²) >= 11 is 0. The van der Waals surface area contributed by atoms with E-state index < -0.39 is 22.5 Å². The van der Waals surface area contributed by atoms with Crippen molar-refractivity contribution in [2.45, 2.75) is 25.0 Å². The lowest BCUT2D eigenvalue weighted by Crippen LogP contribution is -2.23. The summed E-state index contributed by atoms with van der Waals surface area (Å²) in [7, 11) is -3.80. The summed E-state index contributed by atoms with van der Waals surface area (Å²) in [6.45, 7) is -0.940. The summed E-state index contributed by atoms with van der Waals surface area (Å²) < 4.78 is 56.4. The molecule has 0 aliphatic carbocycles. The van der Waals surface area contributed by atoms with E-state index in [1.165, 1.54) is 36.4 Å². The minimum atomic E-state index is -3.80. The molecule has 0 atom stereocenters. The molecule has 0 aromatic heterocycles. The van der Waals surface area contributed by atoms with Gasteiger partial charge >= 0.3 is 6.61 Å². The molecule has 31 heavy (non-hydrogen) atoms. The Labute approximate surface area is 178 Å². The Morgan fingerprint density at radius 2 is 1.68 bits per heavy atom. The Morgan fingerprint density at radius 3 is 2.32 bits per heavy atom. The van der Waals surface area contributed by atoms with E-state index in [1.54, 1.807) is 36.4 Å². The summed E-state index contributed by atoms with van der Waals surface area (Å²) in [6.07, 6.45) is 0. The number of aryl methyl sites for hydroxylation is 1. The van der Waals surface area contributed by atoms with Crippen LogP contribution in [0.15, 0.2) is 77.7 Å². The molecule has 2 N–H and O–H groups in total. The molecule has 0 heterocycles. The van der Waals surface area contributed by atoms with E-state index in [-0.39, 0.29) is 22.8 Å². The molecule has 0 fully saturated rings. The van der Waals surface area contributed by atoms with Gasteiger partial charge in [0, 0.05) is 17.8 Å². The first-order valence-electron chi connectivity index (χ1n) is 9.24. The summed E-state index contributed by atoms with van der Waals surface area (Å²) in [4.78, 5) is 12.4. The number of carbonyl (C=O) groups is 1. The second kappa shape index (κ2) is 9.57. The van der Waals surface area contributed by atoms with Crippen LogP contribution in [0.1, 0.15) is 21.5 Å². The Hall–Kier alpha value is -3.46. The molecule has 0 unspecified atom stereocenters. The molecule has 1 amide bonds. The van der Waals surface area contributed by atoms with Gasteiger partial charge < -0.3 is 10.1 Å². The van der Waals surface area contributed by atoms with Gasteiger partial charge in [-0.3, -0.25) is 9.52 Å². The average molecular weight is 446 g/mol. The third kappa shape index (κ3) is 6.26. The van der Waals surface area contributed by atoms with Crippen LogP contribution in [0.2, 0.25) is 0 Å². The molecule has 3 rings (SSSR count). The summed E-state index contributed by atoms with van der Waals surface area (Å²) in [5, 5.41) is 2.65. The lowest BCUT2D eigenvalue weighted by molar-refractivity contribution is -0.0498. The molecule has 3 aromatic carbocycles. The van der Waals surface area contributed by atoms with Gasteiger partial charge in [-0.1, -0.05) is 29.8 Å². The van der Waals surface area contributed by atoms with Gasteiger partial charge in [-0.25, -0.2) is 8.42 Å². The van der Waals surface area contributed by atoms with E-state index in [0.717, 1.165) is 5.56 Å². The van der Waals surface area contributed by atoms with Gasteiger partial charge in [0.1, 0.15) is 5.75 Å². The Balaban J connectivity index is 1.62. The number of benzene rings is 3. The second-order valence-electron chi connectivity index (χ2n) is 6.70. The Bertz CT molecular complexity index is 1150. The van der Waals surface area contributed by atoms with Gasteiger partial charge in [0.25, 0.3) is 15.9 Å². The van der Waals surface area contributed by atoms with Crippen molar-refractivity contribution in [2.24, 2.45) is 0 Å². The van der Waals surface area contributed by atoms with Gasteiger partial charge in [-0.15, -0.1) is 0 Å². The molecular formula is C22H20F2N2O4S. The van der Waals surface area contributed by atoms with E-state index in [1.807, 2.05) is 6.92 Å². The van der Waals surface area contributed by atoms with Crippen molar-refractivity contribution in [1.29, 1.82) is 0 Å². The molecule has 6 nitrogen and oxygen atoms in total. The first-order valence-corrected chi connectivity index (χ1v) is 10.7. The highest BCUT2D eigenvalue weighted by atomic mass is 32.2. The number of carbonyl (C=O) groups excluding carboxylic acids is 1. The normalized spacial score (nSPS) is 11.2. The number of hydrogen-bond acceptors (Lipinski definition) is 4. The fraction of sp³-hybridized carbons (Fsp3) is 0.136. The summed E-state index contributed by atoms with van der Waals surface area (Å²) in [6, 6.07) is 18.4. The van der Waals surface area contributed by atoms with Crippen LogP contribution < -0.4 is 14.8 Å². The van der Waals surface area contributed by atoms with E-state index in [0.29, 0.717) is 11.3 Å². The average Bonchev–Trinajstić information content (AvgIpc) is 2.73. The van der Waals surface area contributed by atoms with Crippen LogP contribution in [0.3, 0.4) is 0 Å². The number of anilines is 1. The zero-order valence-corrected chi connectivity index (χ0v) is 17.3. The van der Waals surface area contributed by atoms with Crippen molar-refractivity contribution in [3.8, 4) is 5.75 Å². The molecule has 3 aromatic rings. The number of alkyl halides is 2. The quantitative estimate of drug-likeness (QED) is 0.540. The summed E-state index contributed by atoms with van der Waals surface area (Å²) in [5.74, 6) is -0.437. The molecule has 0 saturated heterocycles. The monoisotopic (exact) mass is 446 g/mol. The third-order valence-electron chi connectivity index (χ3n) is 4.31. The van der Waals surface area contributed by atoms with Gasteiger partial charge in [-0.2, -0.15) is 8.78 Å². The maximum absolute atomic E-state index is 12.5. The number of halogens is 2. The van der Waals surface area contributed by atoms with Crippen LogP contribution in [0, 0.1) is 6.92 Å². The predicted molar refractivity (Wildman–Crippen MR) is 113 cm³/mol. The lowest BCUT2D eigenvalue weighted by Gasteiger charge is -2.10. The molecule has 0 aliphatic heterocycles. The largest absolute Gasteiger partial charge is 0.435 e. The number of hydrogen-bond donors (Lipinski definition) is 2. The van der Waals surface area contributed by atoms with Gasteiger partial charge in [0.15, 0.2) is 0 Å². The maximum Gasteiger partial charge on any atom is 0.387 e. The molecular weight excluding hydrogens is 426 g/mol. The maximum atomic E-state index is 12.5. The van der Waals surface area contributed by atoms with Crippen molar-refractivity contribution in [1.82, 2.24) is 5.32 Å². The highest BCUT2D eigenvalue weighted by Crippen LogP contribution is 2.18. The molecule has 9 heteroatoms. The van der Waals surface area contributed by atoms with Crippen LogP contribution in [0.4, 0.5) is 14.5 Å². The van der Waals surface area contributed by atoms with Gasteiger partial charge in [0.2, 0.25) is 0 Å². The molecule has 0 bridgehead atoms. The fourth-order valence-corrected chi connectivity index (χ4v) is 3.80. The third-order valence-corrected chi connectivity index (χ3v) is 5.70. The zero-order valence-electron chi connectivity index (χ0n) is 16.5. The van der Waals surface area contributed by atoms with Crippen molar-refractivity contribution in [2.75, 3.05) is 4.72 Å². The molecule has 0 radical (unpaired) electrons. The van der Waals surface area contributed by atoms with Gasteiger partial charge in [0.05, 0.1) is 4.90 Å². The Morgan fingerprint density at radius 1 is 1.00 bits per heavy atom. The zero-order chi connectivity index (χ0) is 22.4. The van der Waals surface area contributed by atoms with Crippen LogP contribution in [-0.2, 0) is 16.6 Å². The summed E-state index contributed by atoms with van der Waals surface area (Å²) in [5.41, 5.74) is 2.28. The van der Waals surface area contributed by atoms with Crippen LogP contribution in [-0.4, -0.2) is 20.9 Å². The first kappa shape index (κ1) is 22.2. The lowest BCUT2D eigenvalue weighted by atomic mass is 10.2. The molecule has 0 spiro atoms. The van der Waals surface area contributed by atoms with E-state index >= 15 is 0 Å². The second-order valence-corrected chi connectivity index (χ2v) is 8.39. The minimum absolute atomic E-state index is 0.00242. The SMILES string of the molecule is Cc1ccc(NS(=O)(=O)c2ccc(C(=O)NCc3cccc(OC(F)F)c3)cc2)cc1. The Kier molecular flexibility index (Phi) is 6.86. The predicted octanol–water partition coefficient (Wildman–Crippen LogP) is 4.33. The van der Waals surface area contributed by atoms with E-state index in [2.05, 4.69) is 14.8 Å². The molecule has 0 aliphatic rings. The number of ether oxygens (including phenoxy) is 1. The van der Waals surface area contributed by atoms with Crippen LogP contribution in [0.25, 0.3) is 0 Å². The van der Waals surface area contributed by atoms with Crippen molar-refractivity contribution in [3.63, 3.8) is 0 Å². The molecule has 162 valence electrons. The highest BCUT2D eigenvalue weighted by molar-refractivity contribution is 7.92.